The maximum absolute atomic E-state index is 12.2. The standard InChI is InChI=1S/C12H10N4O2S2/c13-12-6-9(3-4-14-12)20(17,18)16-8-1-2-10-11(5-8)19-7-15-10/h1-7,16H,(H2,13,14). The van der Waals surface area contributed by atoms with Gasteiger partial charge < -0.3 is 5.73 Å². The second-order valence-corrected chi connectivity index (χ2v) is 6.63. The molecule has 1 aromatic carbocycles. The number of hydrogen-bond donors (Lipinski definition) is 2. The number of rotatable bonds is 3. The highest BCUT2D eigenvalue weighted by Crippen LogP contribution is 2.24. The summed E-state index contributed by atoms with van der Waals surface area (Å²) in [6, 6.07) is 7.89. The summed E-state index contributed by atoms with van der Waals surface area (Å²) < 4.78 is 27.9. The molecule has 0 radical (unpaired) electrons. The molecule has 2 aromatic heterocycles. The van der Waals surface area contributed by atoms with E-state index >= 15 is 0 Å². The van der Waals surface area contributed by atoms with E-state index in [-0.39, 0.29) is 10.7 Å². The number of hydrogen-bond acceptors (Lipinski definition) is 6. The summed E-state index contributed by atoms with van der Waals surface area (Å²) in [6.07, 6.45) is 1.36. The van der Waals surface area contributed by atoms with Gasteiger partial charge in [0.25, 0.3) is 10.0 Å². The van der Waals surface area contributed by atoms with Gasteiger partial charge in [-0.15, -0.1) is 11.3 Å². The summed E-state index contributed by atoms with van der Waals surface area (Å²) in [5.41, 5.74) is 8.54. The number of sulfonamides is 1. The summed E-state index contributed by atoms with van der Waals surface area (Å²) >= 11 is 1.45. The molecule has 0 saturated carbocycles. The van der Waals surface area contributed by atoms with Crippen molar-refractivity contribution in [1.82, 2.24) is 9.97 Å². The smallest absolute Gasteiger partial charge is 0.262 e. The van der Waals surface area contributed by atoms with Crippen LogP contribution in [0.4, 0.5) is 11.5 Å². The van der Waals surface area contributed by atoms with Crippen LogP contribution in [0.3, 0.4) is 0 Å². The minimum absolute atomic E-state index is 0.0781. The number of anilines is 2. The van der Waals surface area contributed by atoms with Gasteiger partial charge in [0.05, 0.1) is 26.3 Å². The lowest BCUT2D eigenvalue weighted by atomic mass is 10.3. The Morgan fingerprint density at radius 2 is 2.00 bits per heavy atom. The van der Waals surface area contributed by atoms with Gasteiger partial charge in [0, 0.05) is 12.3 Å². The summed E-state index contributed by atoms with van der Waals surface area (Å²) in [4.78, 5) is 7.99. The van der Waals surface area contributed by atoms with E-state index < -0.39 is 10.0 Å². The van der Waals surface area contributed by atoms with Crippen molar-refractivity contribution >= 4 is 43.1 Å². The molecule has 0 bridgehead atoms. The van der Waals surface area contributed by atoms with Gasteiger partial charge in [-0.05, 0) is 24.3 Å². The molecule has 2 heterocycles. The Kier molecular flexibility index (Phi) is 3.03. The van der Waals surface area contributed by atoms with E-state index in [9.17, 15) is 8.42 Å². The zero-order valence-corrected chi connectivity index (χ0v) is 11.8. The average molecular weight is 306 g/mol. The number of aromatic nitrogens is 2. The van der Waals surface area contributed by atoms with Crippen molar-refractivity contribution in [2.45, 2.75) is 4.90 Å². The lowest BCUT2D eigenvalue weighted by Gasteiger charge is -2.08. The van der Waals surface area contributed by atoms with Gasteiger partial charge in [-0.2, -0.15) is 0 Å². The number of fused-ring (bicyclic) bond motifs is 1. The number of thiazole rings is 1. The first-order valence-electron chi connectivity index (χ1n) is 5.62. The lowest BCUT2D eigenvalue weighted by molar-refractivity contribution is 0.601. The van der Waals surface area contributed by atoms with Crippen molar-refractivity contribution in [2.75, 3.05) is 10.5 Å². The van der Waals surface area contributed by atoms with Crippen LogP contribution in [0.25, 0.3) is 10.2 Å². The number of nitrogen functional groups attached to an aromatic ring is 1. The van der Waals surface area contributed by atoms with Gasteiger partial charge in [0.1, 0.15) is 5.82 Å². The van der Waals surface area contributed by atoms with Crippen LogP contribution in [0, 0.1) is 0 Å². The SMILES string of the molecule is Nc1cc(S(=O)(=O)Nc2ccc3ncsc3c2)ccn1. The molecule has 6 nitrogen and oxygen atoms in total. The monoisotopic (exact) mass is 306 g/mol. The Morgan fingerprint density at radius 1 is 1.15 bits per heavy atom. The molecule has 0 saturated heterocycles. The van der Waals surface area contributed by atoms with E-state index in [2.05, 4.69) is 14.7 Å². The van der Waals surface area contributed by atoms with E-state index in [1.807, 2.05) is 0 Å². The predicted molar refractivity (Wildman–Crippen MR) is 79.1 cm³/mol. The molecular weight excluding hydrogens is 296 g/mol. The van der Waals surface area contributed by atoms with Gasteiger partial charge in [-0.25, -0.2) is 18.4 Å². The number of pyridine rings is 1. The van der Waals surface area contributed by atoms with Crippen molar-refractivity contribution in [3.05, 3.63) is 42.0 Å². The maximum Gasteiger partial charge on any atom is 0.262 e. The molecular formula is C12H10N4O2S2. The highest BCUT2D eigenvalue weighted by atomic mass is 32.2. The normalized spacial score (nSPS) is 11.6. The zero-order chi connectivity index (χ0) is 14.2. The van der Waals surface area contributed by atoms with Crippen LogP contribution >= 0.6 is 11.3 Å². The number of nitrogens with zero attached hydrogens (tertiary/aromatic N) is 2. The summed E-state index contributed by atoms with van der Waals surface area (Å²) in [5, 5.41) is 0. The van der Waals surface area contributed by atoms with Gasteiger partial charge in [-0.1, -0.05) is 0 Å². The Balaban J connectivity index is 1.96. The van der Waals surface area contributed by atoms with Crippen molar-refractivity contribution in [2.24, 2.45) is 0 Å². The maximum atomic E-state index is 12.2. The molecule has 20 heavy (non-hydrogen) atoms. The van der Waals surface area contributed by atoms with Gasteiger partial charge >= 0.3 is 0 Å². The molecule has 0 aliphatic heterocycles. The Bertz CT molecular complexity index is 874. The number of nitrogens with one attached hydrogen (secondary N) is 1. The minimum Gasteiger partial charge on any atom is -0.384 e. The molecule has 0 aliphatic rings. The van der Waals surface area contributed by atoms with Crippen LogP contribution in [-0.2, 0) is 10.0 Å². The Labute approximate surface area is 119 Å². The molecule has 102 valence electrons. The zero-order valence-electron chi connectivity index (χ0n) is 10.1. The molecule has 0 spiro atoms. The molecule has 0 amide bonds. The van der Waals surface area contributed by atoms with Crippen molar-refractivity contribution in [1.29, 1.82) is 0 Å². The van der Waals surface area contributed by atoms with E-state index in [1.54, 1.807) is 23.7 Å². The topological polar surface area (TPSA) is 98.0 Å². The van der Waals surface area contributed by atoms with Crippen LogP contribution in [0.5, 0.6) is 0 Å². The third-order valence-corrected chi connectivity index (χ3v) is 4.82. The number of benzene rings is 1. The van der Waals surface area contributed by atoms with E-state index in [0.29, 0.717) is 5.69 Å². The quantitative estimate of drug-likeness (QED) is 0.772. The average Bonchev–Trinajstić information content (AvgIpc) is 2.85. The lowest BCUT2D eigenvalue weighted by Crippen LogP contribution is -2.13. The minimum atomic E-state index is -3.67. The second kappa shape index (κ2) is 4.73. The molecule has 0 unspecified atom stereocenters. The highest BCUT2D eigenvalue weighted by molar-refractivity contribution is 7.92. The van der Waals surface area contributed by atoms with Gasteiger partial charge in [0.15, 0.2) is 0 Å². The third-order valence-electron chi connectivity index (χ3n) is 2.65. The Hall–Kier alpha value is -2.19. The molecule has 8 heteroatoms. The third kappa shape index (κ3) is 2.43. The van der Waals surface area contributed by atoms with Crippen LogP contribution < -0.4 is 10.5 Å². The fourth-order valence-electron chi connectivity index (χ4n) is 1.73. The van der Waals surface area contributed by atoms with E-state index in [1.165, 1.54) is 29.7 Å². The van der Waals surface area contributed by atoms with Crippen LogP contribution in [0.1, 0.15) is 0 Å². The fraction of sp³-hybridized carbons (Fsp3) is 0. The Morgan fingerprint density at radius 3 is 2.80 bits per heavy atom. The molecule has 0 aliphatic carbocycles. The predicted octanol–water partition coefficient (Wildman–Crippen LogP) is 2.07. The van der Waals surface area contributed by atoms with E-state index in [0.717, 1.165) is 10.2 Å². The van der Waals surface area contributed by atoms with Crippen LogP contribution in [0.15, 0.2) is 46.9 Å². The van der Waals surface area contributed by atoms with Crippen LogP contribution in [-0.4, -0.2) is 18.4 Å². The molecule has 3 rings (SSSR count). The van der Waals surface area contributed by atoms with Crippen molar-refractivity contribution in [3.63, 3.8) is 0 Å². The van der Waals surface area contributed by atoms with Gasteiger partial charge in [-0.3, -0.25) is 4.72 Å². The largest absolute Gasteiger partial charge is 0.384 e. The first-order valence-corrected chi connectivity index (χ1v) is 7.98. The second-order valence-electron chi connectivity index (χ2n) is 4.06. The molecule has 3 N–H and O–H groups in total. The molecule has 0 fully saturated rings. The summed E-state index contributed by atoms with van der Waals surface area (Å²) in [5.74, 6) is 0.158. The first-order chi connectivity index (χ1) is 9.54. The highest BCUT2D eigenvalue weighted by Gasteiger charge is 2.15. The number of nitrogens with two attached hydrogens (primary N) is 1. The molecule has 3 aromatic rings. The van der Waals surface area contributed by atoms with Gasteiger partial charge in [0.2, 0.25) is 0 Å². The molecule has 0 atom stereocenters. The summed E-state index contributed by atoms with van der Waals surface area (Å²) in [6.45, 7) is 0. The summed E-state index contributed by atoms with van der Waals surface area (Å²) in [7, 11) is -3.67. The van der Waals surface area contributed by atoms with Crippen LogP contribution in [0.2, 0.25) is 0 Å². The van der Waals surface area contributed by atoms with Crippen molar-refractivity contribution < 1.29 is 8.42 Å². The van der Waals surface area contributed by atoms with Crippen molar-refractivity contribution in [3.8, 4) is 0 Å². The first kappa shape index (κ1) is 12.8. The van der Waals surface area contributed by atoms with E-state index in [4.69, 9.17) is 5.73 Å². The fourth-order valence-corrected chi connectivity index (χ4v) is 3.52.